The van der Waals surface area contributed by atoms with Gasteiger partial charge in [-0.1, -0.05) is 23.8 Å². The maximum atomic E-state index is 13.3. The molecule has 1 saturated carbocycles. The number of hydrogen-bond acceptors (Lipinski definition) is 8. The standard InChI is InChI=1S/C32H42N6O4/c1-31(2,3)42-30(39)37(18-23-7-5-8-23)27-9-6-14-36(19-27)26-12-10-25(11-13-26)32(21-41-22-32)38-20-29(34-35-38)24-15-28(40-4)17-33-16-24/h10-13,15-17,20,23,27H,5-9,14,18-19,21-22H2,1-4H3/t27-/m1/s1. The summed E-state index contributed by atoms with van der Waals surface area (Å²) in [5, 5.41) is 8.92. The number of carbonyl (C=O) groups is 1. The minimum Gasteiger partial charge on any atom is -0.495 e. The number of aromatic nitrogens is 4. The molecule has 4 heterocycles. The summed E-state index contributed by atoms with van der Waals surface area (Å²) in [7, 11) is 1.62. The highest BCUT2D eigenvalue weighted by Crippen LogP contribution is 2.36. The van der Waals surface area contributed by atoms with Crippen LogP contribution >= 0.6 is 0 Å². The molecule has 6 rings (SSSR count). The van der Waals surface area contributed by atoms with Gasteiger partial charge in [-0.05, 0) is 76.1 Å². The second-order valence-electron chi connectivity index (χ2n) is 12.9. The quantitative estimate of drug-likeness (QED) is 0.366. The molecular formula is C32H42N6O4. The molecule has 10 nitrogen and oxygen atoms in total. The Morgan fingerprint density at radius 2 is 1.90 bits per heavy atom. The first-order valence-electron chi connectivity index (χ1n) is 15.1. The summed E-state index contributed by atoms with van der Waals surface area (Å²) in [5.74, 6) is 1.27. The number of rotatable bonds is 8. The van der Waals surface area contributed by atoms with Crippen LogP contribution in [0.2, 0.25) is 0 Å². The predicted octanol–water partition coefficient (Wildman–Crippen LogP) is 5.13. The Labute approximate surface area is 247 Å². The summed E-state index contributed by atoms with van der Waals surface area (Å²) in [5.41, 5.74) is 2.97. The van der Waals surface area contributed by atoms with Crippen LogP contribution in [0.15, 0.2) is 48.9 Å². The van der Waals surface area contributed by atoms with E-state index in [1.807, 2.05) is 42.6 Å². The van der Waals surface area contributed by atoms with Gasteiger partial charge in [0.05, 0.1) is 38.8 Å². The largest absolute Gasteiger partial charge is 0.495 e. The van der Waals surface area contributed by atoms with E-state index in [4.69, 9.17) is 14.2 Å². The van der Waals surface area contributed by atoms with Gasteiger partial charge in [0.1, 0.15) is 22.6 Å². The Hall–Kier alpha value is -3.66. The van der Waals surface area contributed by atoms with Crippen LogP contribution in [0, 0.1) is 5.92 Å². The number of hydrogen-bond donors (Lipinski definition) is 0. The van der Waals surface area contributed by atoms with Crippen molar-refractivity contribution in [3.63, 3.8) is 0 Å². The molecule has 3 aliphatic rings. The Morgan fingerprint density at radius 1 is 1.12 bits per heavy atom. The molecule has 0 unspecified atom stereocenters. The summed E-state index contributed by atoms with van der Waals surface area (Å²) < 4.78 is 18.8. The zero-order chi connectivity index (χ0) is 29.3. The van der Waals surface area contributed by atoms with Gasteiger partial charge < -0.3 is 24.0 Å². The first-order chi connectivity index (χ1) is 20.2. The van der Waals surface area contributed by atoms with E-state index < -0.39 is 11.1 Å². The van der Waals surface area contributed by atoms with Crippen LogP contribution in [-0.2, 0) is 15.0 Å². The van der Waals surface area contributed by atoms with E-state index in [0.717, 1.165) is 55.0 Å². The zero-order valence-electron chi connectivity index (χ0n) is 25.2. The summed E-state index contributed by atoms with van der Waals surface area (Å²) >= 11 is 0. The number of anilines is 1. The lowest BCUT2D eigenvalue weighted by molar-refractivity contribution is -0.0829. The van der Waals surface area contributed by atoms with Crippen LogP contribution < -0.4 is 9.64 Å². The molecule has 0 spiro atoms. The third kappa shape index (κ3) is 5.82. The Morgan fingerprint density at radius 3 is 2.55 bits per heavy atom. The zero-order valence-corrected chi connectivity index (χ0v) is 25.2. The lowest BCUT2D eigenvalue weighted by atomic mass is 9.84. The maximum Gasteiger partial charge on any atom is 0.410 e. The van der Waals surface area contributed by atoms with E-state index in [9.17, 15) is 4.79 Å². The monoisotopic (exact) mass is 574 g/mol. The number of amides is 1. The van der Waals surface area contributed by atoms with Gasteiger partial charge in [0, 0.05) is 37.1 Å². The Balaban J connectivity index is 1.18. The SMILES string of the molecule is COc1cncc(-c2cn(C3(c4ccc(N5CCC[C@@H](N(CC6CCC6)C(=O)OC(C)(C)C)C5)cc4)COC3)nn2)c1. The van der Waals surface area contributed by atoms with E-state index in [0.29, 0.717) is 24.9 Å². The van der Waals surface area contributed by atoms with Crippen molar-refractivity contribution in [3.8, 4) is 17.0 Å². The summed E-state index contributed by atoms with van der Waals surface area (Å²) in [6.45, 7) is 9.45. The molecule has 3 fully saturated rings. The molecule has 10 heteroatoms. The van der Waals surface area contributed by atoms with Gasteiger partial charge in [-0.3, -0.25) is 4.98 Å². The highest BCUT2D eigenvalue weighted by Gasteiger charge is 2.44. The van der Waals surface area contributed by atoms with Crippen molar-refractivity contribution in [2.24, 2.45) is 5.92 Å². The van der Waals surface area contributed by atoms with Crippen LogP contribution in [0.3, 0.4) is 0 Å². The lowest BCUT2D eigenvalue weighted by Gasteiger charge is -2.43. The average Bonchev–Trinajstić information content (AvgIpc) is 3.42. The number of carbonyl (C=O) groups excluding carboxylic acids is 1. The van der Waals surface area contributed by atoms with Crippen LogP contribution in [0.5, 0.6) is 5.75 Å². The minimum atomic E-state index is -0.504. The number of nitrogens with zero attached hydrogens (tertiary/aromatic N) is 6. The molecule has 1 amide bonds. The number of piperidine rings is 1. The van der Waals surface area contributed by atoms with Crippen molar-refractivity contribution >= 4 is 11.8 Å². The van der Waals surface area contributed by atoms with Crippen LogP contribution in [0.4, 0.5) is 10.5 Å². The molecule has 42 heavy (non-hydrogen) atoms. The fraction of sp³-hybridized carbons (Fsp3) is 0.562. The molecule has 0 radical (unpaired) electrons. The normalized spacial score (nSPS) is 20.4. The van der Waals surface area contributed by atoms with Crippen LogP contribution in [-0.4, -0.2) is 82.6 Å². The van der Waals surface area contributed by atoms with Crippen molar-refractivity contribution in [2.75, 3.05) is 44.9 Å². The number of methoxy groups -OCH3 is 1. The van der Waals surface area contributed by atoms with Crippen molar-refractivity contribution in [3.05, 3.63) is 54.5 Å². The Bertz CT molecular complexity index is 1380. The fourth-order valence-corrected chi connectivity index (χ4v) is 6.08. The van der Waals surface area contributed by atoms with Crippen molar-refractivity contribution in [1.29, 1.82) is 0 Å². The highest BCUT2D eigenvalue weighted by molar-refractivity contribution is 5.69. The second-order valence-corrected chi connectivity index (χ2v) is 12.9. The number of benzene rings is 1. The van der Waals surface area contributed by atoms with Gasteiger partial charge >= 0.3 is 6.09 Å². The third-order valence-corrected chi connectivity index (χ3v) is 8.77. The molecular weight excluding hydrogens is 532 g/mol. The van der Waals surface area contributed by atoms with Crippen LogP contribution in [0.25, 0.3) is 11.3 Å². The number of pyridine rings is 1. The van der Waals surface area contributed by atoms with Crippen molar-refractivity contribution in [1.82, 2.24) is 24.9 Å². The Kier molecular flexibility index (Phi) is 7.83. The molecule has 1 aromatic carbocycles. The number of ether oxygens (including phenoxy) is 3. The van der Waals surface area contributed by atoms with E-state index in [1.54, 1.807) is 19.5 Å². The maximum absolute atomic E-state index is 13.3. The smallest absolute Gasteiger partial charge is 0.410 e. The van der Waals surface area contributed by atoms with E-state index in [1.165, 1.54) is 19.3 Å². The van der Waals surface area contributed by atoms with Gasteiger partial charge in [0.25, 0.3) is 0 Å². The topological polar surface area (TPSA) is 94.8 Å². The third-order valence-electron chi connectivity index (χ3n) is 8.77. The van der Waals surface area contributed by atoms with Gasteiger partial charge in [-0.25, -0.2) is 9.48 Å². The summed E-state index contributed by atoms with van der Waals surface area (Å²) in [6.07, 6.45) is 10.9. The average molecular weight is 575 g/mol. The van der Waals surface area contributed by atoms with Gasteiger partial charge in [-0.2, -0.15) is 0 Å². The predicted molar refractivity (Wildman–Crippen MR) is 160 cm³/mol. The first kappa shape index (κ1) is 28.5. The van der Waals surface area contributed by atoms with Crippen molar-refractivity contribution < 1.29 is 19.0 Å². The second kappa shape index (κ2) is 11.6. The summed E-state index contributed by atoms with van der Waals surface area (Å²) in [6, 6.07) is 10.8. The minimum absolute atomic E-state index is 0.139. The molecule has 0 N–H and O–H groups in total. The van der Waals surface area contributed by atoms with Crippen LogP contribution in [0.1, 0.15) is 58.4 Å². The van der Waals surface area contributed by atoms with E-state index >= 15 is 0 Å². The molecule has 1 aliphatic carbocycles. The molecule has 3 aromatic rings. The van der Waals surface area contributed by atoms with Gasteiger partial charge in [-0.15, -0.1) is 5.10 Å². The first-order valence-corrected chi connectivity index (χ1v) is 15.1. The van der Waals surface area contributed by atoms with Gasteiger partial charge in [0.2, 0.25) is 0 Å². The van der Waals surface area contributed by atoms with E-state index in [-0.39, 0.29) is 12.1 Å². The fourth-order valence-electron chi connectivity index (χ4n) is 6.08. The molecule has 224 valence electrons. The molecule has 1 atom stereocenters. The molecule has 2 aliphatic heterocycles. The van der Waals surface area contributed by atoms with Gasteiger partial charge in [0.15, 0.2) is 0 Å². The van der Waals surface area contributed by atoms with E-state index in [2.05, 4.69) is 44.5 Å². The molecule has 2 aromatic heterocycles. The van der Waals surface area contributed by atoms with Crippen molar-refractivity contribution in [2.45, 2.75) is 70.1 Å². The molecule has 2 saturated heterocycles. The molecule has 0 bridgehead atoms. The highest BCUT2D eigenvalue weighted by atomic mass is 16.6. The lowest BCUT2D eigenvalue weighted by Crippen LogP contribution is -2.53. The summed E-state index contributed by atoms with van der Waals surface area (Å²) in [4.78, 5) is 22.0.